The van der Waals surface area contributed by atoms with Crippen molar-refractivity contribution in [1.82, 2.24) is 9.88 Å². The number of carbonyl (C=O) groups excluding carboxylic acids is 1. The van der Waals surface area contributed by atoms with Crippen molar-refractivity contribution >= 4 is 34.7 Å². The van der Waals surface area contributed by atoms with Crippen molar-refractivity contribution in [3.63, 3.8) is 0 Å². The van der Waals surface area contributed by atoms with Crippen LogP contribution in [0.1, 0.15) is 29.1 Å². The Kier molecular flexibility index (Phi) is 5.17. The smallest absolute Gasteiger partial charge is 0.256 e. The minimum absolute atomic E-state index is 0.0747. The third-order valence-electron chi connectivity index (χ3n) is 3.02. The van der Waals surface area contributed by atoms with Crippen LogP contribution in [0.15, 0.2) is 29.8 Å². The van der Waals surface area contributed by atoms with E-state index in [9.17, 15) is 4.79 Å². The Bertz CT molecular complexity index is 615. The molecule has 112 valence electrons. The van der Waals surface area contributed by atoms with Gasteiger partial charge in [-0.15, -0.1) is 11.3 Å². The number of amides is 1. The van der Waals surface area contributed by atoms with Crippen LogP contribution >= 0.6 is 22.9 Å². The highest BCUT2D eigenvalue weighted by Gasteiger charge is 2.20. The number of nitrogen functional groups attached to an aromatic ring is 1. The number of nitrogens with zero attached hydrogens (tertiary/aromatic N) is 2. The van der Waals surface area contributed by atoms with Gasteiger partial charge in [0.25, 0.3) is 5.91 Å². The van der Waals surface area contributed by atoms with E-state index in [0.29, 0.717) is 22.9 Å². The molecule has 2 rings (SSSR count). The van der Waals surface area contributed by atoms with Crippen molar-refractivity contribution in [1.29, 1.82) is 0 Å². The van der Waals surface area contributed by atoms with E-state index in [1.165, 1.54) is 6.20 Å². The number of nitrogens with two attached hydrogens (primary N) is 1. The van der Waals surface area contributed by atoms with E-state index >= 15 is 0 Å². The van der Waals surface area contributed by atoms with Crippen LogP contribution in [0.4, 0.5) is 5.82 Å². The summed E-state index contributed by atoms with van der Waals surface area (Å²) in [5.41, 5.74) is 2.83. The van der Waals surface area contributed by atoms with E-state index < -0.39 is 0 Å². The molecular formula is C14H17ClN4OS. The number of rotatable bonds is 5. The maximum absolute atomic E-state index is 12.6. The van der Waals surface area contributed by atoms with Crippen LogP contribution in [-0.2, 0) is 6.54 Å². The van der Waals surface area contributed by atoms with Crippen LogP contribution in [0, 0.1) is 0 Å². The topological polar surface area (TPSA) is 71.2 Å². The van der Waals surface area contributed by atoms with E-state index in [1.54, 1.807) is 22.3 Å². The van der Waals surface area contributed by atoms with Crippen molar-refractivity contribution in [2.24, 2.45) is 5.84 Å². The molecule has 0 fully saturated rings. The molecule has 2 aromatic heterocycles. The molecule has 0 aliphatic heterocycles. The first-order valence-electron chi connectivity index (χ1n) is 6.48. The first-order chi connectivity index (χ1) is 10.0. The van der Waals surface area contributed by atoms with E-state index in [1.807, 2.05) is 31.4 Å². The first kappa shape index (κ1) is 15.8. The van der Waals surface area contributed by atoms with Gasteiger partial charge in [-0.2, -0.15) is 0 Å². The molecule has 0 bridgehead atoms. The molecule has 0 aliphatic rings. The van der Waals surface area contributed by atoms with Crippen LogP contribution in [-0.4, -0.2) is 21.8 Å². The third kappa shape index (κ3) is 3.72. The van der Waals surface area contributed by atoms with E-state index in [0.717, 1.165) is 4.88 Å². The summed E-state index contributed by atoms with van der Waals surface area (Å²) >= 11 is 7.66. The number of anilines is 1. The Labute approximate surface area is 132 Å². The zero-order valence-electron chi connectivity index (χ0n) is 11.8. The Balaban J connectivity index is 2.24. The standard InChI is InChI=1S/C14H17ClN4OS/c1-9(2)19(8-11-4-3-5-21-11)14(20)10-6-12(15)13(18-16)17-7-10/h3-7,9H,8,16H2,1-2H3,(H,17,18). The van der Waals surface area contributed by atoms with Crippen molar-refractivity contribution in [2.75, 3.05) is 5.43 Å². The van der Waals surface area contributed by atoms with Crippen LogP contribution in [0.3, 0.4) is 0 Å². The van der Waals surface area contributed by atoms with Crippen molar-refractivity contribution < 1.29 is 4.79 Å². The number of pyridine rings is 1. The molecule has 5 nitrogen and oxygen atoms in total. The van der Waals surface area contributed by atoms with Gasteiger partial charge in [-0.3, -0.25) is 4.79 Å². The Morgan fingerprint density at radius 3 is 2.86 bits per heavy atom. The molecule has 2 aromatic rings. The van der Waals surface area contributed by atoms with E-state index in [-0.39, 0.29) is 11.9 Å². The zero-order valence-corrected chi connectivity index (χ0v) is 13.4. The number of hydrazine groups is 1. The predicted octanol–water partition coefficient (Wildman–Crippen LogP) is 3.13. The molecule has 0 saturated heterocycles. The molecule has 1 amide bonds. The second-order valence-corrected chi connectivity index (χ2v) is 6.24. The van der Waals surface area contributed by atoms with Gasteiger partial charge in [0, 0.05) is 17.1 Å². The highest BCUT2D eigenvalue weighted by molar-refractivity contribution is 7.09. The first-order valence-corrected chi connectivity index (χ1v) is 7.74. The molecule has 2 heterocycles. The van der Waals surface area contributed by atoms with Crippen LogP contribution in [0.5, 0.6) is 0 Å². The Morgan fingerprint density at radius 1 is 1.57 bits per heavy atom. The van der Waals surface area contributed by atoms with Gasteiger partial charge in [0.1, 0.15) is 0 Å². The molecule has 0 unspecified atom stereocenters. The number of thiophene rings is 1. The molecule has 0 aromatic carbocycles. The van der Waals surface area contributed by atoms with Gasteiger partial charge < -0.3 is 10.3 Å². The van der Waals surface area contributed by atoms with Gasteiger partial charge in [-0.25, -0.2) is 10.8 Å². The molecule has 3 N–H and O–H groups in total. The van der Waals surface area contributed by atoms with Gasteiger partial charge in [0.05, 0.1) is 17.1 Å². The fourth-order valence-corrected chi connectivity index (χ4v) is 2.81. The minimum Gasteiger partial charge on any atom is -0.331 e. The molecular weight excluding hydrogens is 308 g/mol. The molecule has 7 heteroatoms. The number of aromatic nitrogens is 1. The lowest BCUT2D eigenvalue weighted by Gasteiger charge is -2.26. The number of nitrogens with one attached hydrogen (secondary N) is 1. The van der Waals surface area contributed by atoms with Crippen LogP contribution in [0.2, 0.25) is 5.02 Å². The second kappa shape index (κ2) is 6.89. The third-order valence-corrected chi connectivity index (χ3v) is 4.16. The maximum atomic E-state index is 12.6. The molecule has 0 saturated carbocycles. The van der Waals surface area contributed by atoms with Crippen LogP contribution in [0.25, 0.3) is 0 Å². The summed E-state index contributed by atoms with van der Waals surface area (Å²) in [6, 6.07) is 5.64. The van der Waals surface area contributed by atoms with Gasteiger partial charge >= 0.3 is 0 Å². The molecule has 0 aliphatic carbocycles. The average Bonchev–Trinajstić information content (AvgIpc) is 2.96. The van der Waals surface area contributed by atoms with Crippen molar-refractivity contribution in [3.05, 3.63) is 45.2 Å². The molecule has 21 heavy (non-hydrogen) atoms. The van der Waals surface area contributed by atoms with Crippen molar-refractivity contribution in [2.45, 2.75) is 26.4 Å². The fourth-order valence-electron chi connectivity index (χ4n) is 1.89. The lowest BCUT2D eigenvalue weighted by Crippen LogP contribution is -2.36. The summed E-state index contributed by atoms with van der Waals surface area (Å²) in [7, 11) is 0. The zero-order chi connectivity index (χ0) is 15.4. The summed E-state index contributed by atoms with van der Waals surface area (Å²) in [6.07, 6.45) is 1.48. The average molecular weight is 325 g/mol. The minimum atomic E-state index is -0.101. The molecule has 0 spiro atoms. The van der Waals surface area contributed by atoms with Gasteiger partial charge in [0.15, 0.2) is 5.82 Å². The largest absolute Gasteiger partial charge is 0.331 e. The summed E-state index contributed by atoms with van der Waals surface area (Å²) in [6.45, 7) is 4.54. The molecule has 0 radical (unpaired) electrons. The Morgan fingerprint density at radius 2 is 2.33 bits per heavy atom. The number of halogens is 1. The summed E-state index contributed by atoms with van der Waals surface area (Å²) in [4.78, 5) is 19.6. The molecule has 0 atom stereocenters. The predicted molar refractivity (Wildman–Crippen MR) is 86.4 cm³/mol. The summed E-state index contributed by atoms with van der Waals surface area (Å²) in [5.74, 6) is 5.53. The van der Waals surface area contributed by atoms with Gasteiger partial charge in [0.2, 0.25) is 0 Å². The Hall–Kier alpha value is -1.63. The summed E-state index contributed by atoms with van der Waals surface area (Å²) < 4.78 is 0. The highest BCUT2D eigenvalue weighted by atomic mass is 35.5. The second-order valence-electron chi connectivity index (χ2n) is 4.80. The van der Waals surface area contributed by atoms with Crippen molar-refractivity contribution in [3.8, 4) is 0 Å². The fraction of sp³-hybridized carbons (Fsp3) is 0.286. The number of carbonyl (C=O) groups is 1. The quantitative estimate of drug-likeness (QED) is 0.654. The van der Waals surface area contributed by atoms with E-state index in [2.05, 4.69) is 10.4 Å². The van der Waals surface area contributed by atoms with Crippen LogP contribution < -0.4 is 11.3 Å². The van der Waals surface area contributed by atoms with Gasteiger partial charge in [-0.05, 0) is 31.4 Å². The normalized spacial score (nSPS) is 10.7. The maximum Gasteiger partial charge on any atom is 0.256 e. The SMILES string of the molecule is CC(C)N(Cc1cccs1)C(=O)c1cnc(NN)c(Cl)c1. The lowest BCUT2D eigenvalue weighted by atomic mass is 10.2. The monoisotopic (exact) mass is 324 g/mol. The lowest BCUT2D eigenvalue weighted by molar-refractivity contribution is 0.0692. The number of hydrogen-bond acceptors (Lipinski definition) is 5. The highest BCUT2D eigenvalue weighted by Crippen LogP contribution is 2.22. The van der Waals surface area contributed by atoms with E-state index in [4.69, 9.17) is 17.4 Å². The number of hydrogen-bond donors (Lipinski definition) is 2. The van der Waals surface area contributed by atoms with Gasteiger partial charge in [-0.1, -0.05) is 17.7 Å². The summed E-state index contributed by atoms with van der Waals surface area (Å²) in [5, 5.41) is 2.32.